The van der Waals surface area contributed by atoms with E-state index in [0.29, 0.717) is 38.5 Å². The second-order valence-corrected chi connectivity index (χ2v) is 29.8. The molecule has 2 saturated heterocycles. The first-order valence-corrected chi connectivity index (χ1v) is 35.9. The van der Waals surface area contributed by atoms with E-state index < -0.39 is 144 Å². The Morgan fingerprint density at radius 3 is 1.19 bits per heavy atom. The van der Waals surface area contributed by atoms with Crippen molar-refractivity contribution >= 4 is 11.9 Å². The molecule has 0 radical (unpaired) electrons. The Morgan fingerprint density at radius 2 is 0.854 bits per heavy atom. The van der Waals surface area contributed by atoms with Crippen molar-refractivity contribution in [2.45, 2.75) is 332 Å². The second-order valence-electron chi connectivity index (χ2n) is 29.8. The van der Waals surface area contributed by atoms with Crippen molar-refractivity contribution in [2.75, 3.05) is 28.4 Å². The number of rotatable bonds is 16. The molecule has 96 heavy (non-hydrogen) atoms. The van der Waals surface area contributed by atoms with Crippen molar-refractivity contribution in [3.8, 4) is 0 Å². The Balaban J connectivity index is 1.41. The minimum atomic E-state index is -1.97. The highest BCUT2D eigenvalue weighted by molar-refractivity contribution is 5.88. The fourth-order valence-corrected chi connectivity index (χ4v) is 15.1. The molecule has 5 aliphatic rings. The van der Waals surface area contributed by atoms with E-state index in [1.165, 1.54) is 14.2 Å². The van der Waals surface area contributed by atoms with E-state index in [4.69, 9.17) is 47.4 Å². The van der Waals surface area contributed by atoms with Gasteiger partial charge in [0.1, 0.15) is 12.2 Å². The molecule has 22 heteroatoms. The SMILES string of the molecule is CO[C@H]1C[C@H](CC[C@H](C)[C@H](O)[C@H](C)[C@H]2OC(=O)C(C)=CC[C@H](O)C[C@@H]3C=CC[C@@H](C[C@](O)(OC)[C@@H](C)[C@@H](O)C[C@@H](O)[C@H](C)[C@@H]([C@@H](C)[C@@H](O)[C@@H](C)CC[C@H]4C[C@H](OC)C[C@H](C)O4)OC(=O)C(C)=CC[C@H](O)C[C@@H]4C=CC[C@@H](C[C@](O)(OC)[C@@H](C)[C@@H](O)C[C@@H](O)[C@@H]2C)O4)O3)O[C@@H](C)C1. The third-order valence-corrected chi connectivity index (χ3v) is 22.2. The van der Waals surface area contributed by atoms with Gasteiger partial charge in [-0.25, -0.2) is 9.59 Å². The quantitative estimate of drug-likeness (QED) is 0.0403. The number of carbonyl (C=O) groups is 2. The van der Waals surface area contributed by atoms with E-state index in [1.807, 2.05) is 52.0 Å². The van der Waals surface area contributed by atoms with Crippen LogP contribution in [0.3, 0.4) is 0 Å². The van der Waals surface area contributed by atoms with Gasteiger partial charge in [-0.15, -0.1) is 0 Å². The molecule has 0 unspecified atom stereocenters. The predicted octanol–water partition coefficient (Wildman–Crippen LogP) is 7.64. The normalized spacial score (nSPS) is 41.3. The fraction of sp³-hybridized carbons (Fsp3) is 0.865. The van der Waals surface area contributed by atoms with Gasteiger partial charge in [0.25, 0.3) is 0 Å². The van der Waals surface area contributed by atoms with Gasteiger partial charge in [0.15, 0.2) is 11.6 Å². The number of esters is 2. The summed E-state index contributed by atoms with van der Waals surface area (Å²) in [6, 6.07) is 0. The maximum Gasteiger partial charge on any atom is 0.333 e. The van der Waals surface area contributed by atoms with Crippen LogP contribution >= 0.6 is 0 Å². The highest BCUT2D eigenvalue weighted by Gasteiger charge is 2.47. The van der Waals surface area contributed by atoms with Crippen LogP contribution < -0.4 is 0 Å². The van der Waals surface area contributed by atoms with Gasteiger partial charge in [-0.3, -0.25) is 0 Å². The summed E-state index contributed by atoms with van der Waals surface area (Å²) in [6.07, 6.45) is 2.12. The minimum Gasteiger partial charge on any atom is -0.458 e. The molecule has 5 aliphatic heterocycles. The third kappa shape index (κ3) is 24.7. The molecule has 0 saturated carbocycles. The summed E-state index contributed by atoms with van der Waals surface area (Å²) in [5.74, 6) is -11.2. The van der Waals surface area contributed by atoms with Crippen molar-refractivity contribution in [1.29, 1.82) is 0 Å². The van der Waals surface area contributed by atoms with E-state index in [0.717, 1.165) is 25.7 Å². The molecule has 0 aliphatic carbocycles. The summed E-state index contributed by atoms with van der Waals surface area (Å²) in [5, 5.41) is 119. The molecule has 0 amide bonds. The van der Waals surface area contributed by atoms with Crippen LogP contribution in [-0.2, 0) is 57.0 Å². The number of methoxy groups -OCH3 is 4. The molecule has 4 bridgehead atoms. The van der Waals surface area contributed by atoms with Crippen molar-refractivity contribution in [3.63, 3.8) is 0 Å². The van der Waals surface area contributed by atoms with Crippen LogP contribution in [0.1, 0.15) is 199 Å². The van der Waals surface area contributed by atoms with Gasteiger partial charge in [0, 0.05) is 114 Å². The first kappa shape index (κ1) is 83.8. The molecule has 30 atom stereocenters. The third-order valence-electron chi connectivity index (χ3n) is 22.2. The number of hydrogen-bond acceptors (Lipinski definition) is 22. The summed E-state index contributed by atoms with van der Waals surface area (Å²) in [6.45, 7) is 21.1. The summed E-state index contributed by atoms with van der Waals surface area (Å²) >= 11 is 0. The Kier molecular flexibility index (Phi) is 34.6. The van der Waals surface area contributed by atoms with Gasteiger partial charge in [-0.2, -0.15) is 0 Å². The van der Waals surface area contributed by atoms with Gasteiger partial charge < -0.3 is 98.4 Å². The number of aliphatic hydroxyl groups is 10. The first-order valence-electron chi connectivity index (χ1n) is 35.9. The largest absolute Gasteiger partial charge is 0.458 e. The number of cyclic esters (lactones) is 2. The van der Waals surface area contributed by atoms with Gasteiger partial charge >= 0.3 is 11.9 Å². The summed E-state index contributed by atoms with van der Waals surface area (Å²) < 4.78 is 60.6. The van der Waals surface area contributed by atoms with Crippen LogP contribution in [0.2, 0.25) is 0 Å². The predicted molar refractivity (Wildman–Crippen MR) is 362 cm³/mol. The Morgan fingerprint density at radius 1 is 0.500 bits per heavy atom. The molecule has 0 spiro atoms. The average Bonchev–Trinajstić information content (AvgIpc) is 1.06. The van der Waals surface area contributed by atoms with Crippen molar-refractivity contribution in [1.82, 2.24) is 0 Å². The second kappa shape index (κ2) is 39.6. The van der Waals surface area contributed by atoms with E-state index in [1.54, 1.807) is 81.8 Å². The lowest BCUT2D eigenvalue weighted by Crippen LogP contribution is -2.50. The van der Waals surface area contributed by atoms with Crippen LogP contribution in [0.4, 0.5) is 0 Å². The van der Waals surface area contributed by atoms with Gasteiger partial charge in [0.2, 0.25) is 0 Å². The molecule has 2 fully saturated rings. The highest BCUT2D eigenvalue weighted by atomic mass is 16.6. The number of hydrogen-bond donors (Lipinski definition) is 10. The maximum atomic E-state index is 14.2. The number of aliphatic hydroxyl groups excluding tert-OH is 8. The monoisotopic (exact) mass is 1370 g/mol. The van der Waals surface area contributed by atoms with Crippen LogP contribution in [0.15, 0.2) is 47.6 Å². The van der Waals surface area contributed by atoms with Crippen molar-refractivity contribution in [3.05, 3.63) is 47.6 Å². The molecule has 0 aromatic heterocycles. The van der Waals surface area contributed by atoms with Gasteiger partial charge in [-0.05, 0) is 117 Å². The molecule has 0 aromatic rings. The topological polar surface area (TPSA) is 329 Å². The molecule has 5 heterocycles. The summed E-state index contributed by atoms with van der Waals surface area (Å²) in [5.41, 5.74) is 0.330. The Hall–Kier alpha value is -2.82. The van der Waals surface area contributed by atoms with Gasteiger partial charge in [-0.1, -0.05) is 91.8 Å². The van der Waals surface area contributed by atoms with Crippen LogP contribution in [0.25, 0.3) is 0 Å². The molecular formula is C74H128O22. The zero-order valence-electron chi connectivity index (χ0n) is 60.7. The lowest BCUT2D eigenvalue weighted by atomic mass is 9.78. The first-order chi connectivity index (χ1) is 45.2. The lowest BCUT2D eigenvalue weighted by Gasteiger charge is -2.40. The van der Waals surface area contributed by atoms with Crippen LogP contribution in [0.5, 0.6) is 0 Å². The average molecular weight is 1370 g/mol. The van der Waals surface area contributed by atoms with Crippen molar-refractivity contribution in [2.24, 2.45) is 47.3 Å². The molecule has 0 aromatic carbocycles. The Labute approximate surface area is 573 Å². The molecular weight excluding hydrogens is 1240 g/mol. The molecule has 5 rings (SSSR count). The molecule has 10 N–H and O–H groups in total. The standard InChI is InChI=1S/C74H128O22/c1-41(25-29-57-35-61(87-13)31-45(5)91-57)67(81)49(9)69-47(7)63(77)37-65(79)51(11)73(85,89-15)39-59-21-18-20-56(94-59)34-54(76)28-24-44(4)72(84)96-70(50(10)68(82)42(2)26-30-58-36-62(88-14)32-46(6)92-58)48(8)64(78)38-66(80)52(12)74(86,90-16)40-60-22-17-19-55(93-60)33-53(75)27-23-43(3)71(83)95-69/h17-20,23-24,41-42,45-70,75-82,85-86H,21-22,25-40H2,1-16H3/t41-,42-,45-,46-,47-,48-,49-,50-,51-,52-,53-,54-,55-,56-,57-,58-,59-,60-,61+,62+,63+,64+,65-,66-,67-,68-,69-,70-,73-,74-/m0/s1. The summed E-state index contributed by atoms with van der Waals surface area (Å²) in [4.78, 5) is 28.4. The lowest BCUT2D eigenvalue weighted by molar-refractivity contribution is -0.256. The Bertz CT molecular complexity index is 2260. The minimum absolute atomic E-state index is 0.0181. The highest BCUT2D eigenvalue weighted by Crippen LogP contribution is 2.39. The van der Waals surface area contributed by atoms with Gasteiger partial charge in [0.05, 0.1) is 110 Å². The zero-order chi connectivity index (χ0) is 71.5. The summed E-state index contributed by atoms with van der Waals surface area (Å²) in [7, 11) is 6.02. The molecule has 22 nitrogen and oxygen atoms in total. The van der Waals surface area contributed by atoms with E-state index in [-0.39, 0.29) is 111 Å². The van der Waals surface area contributed by atoms with Crippen LogP contribution in [0, 0.1) is 47.3 Å². The fourth-order valence-electron chi connectivity index (χ4n) is 15.1. The van der Waals surface area contributed by atoms with E-state index in [9.17, 15) is 60.7 Å². The number of fused-ring (bicyclic) bond motifs is 4. The maximum absolute atomic E-state index is 14.2. The molecule has 556 valence electrons. The number of ether oxygens (including phenoxy) is 10. The van der Waals surface area contributed by atoms with E-state index in [2.05, 4.69) is 0 Å². The van der Waals surface area contributed by atoms with Crippen LogP contribution in [-0.4, -0.2) is 225 Å². The van der Waals surface area contributed by atoms with E-state index >= 15 is 0 Å². The van der Waals surface area contributed by atoms with Crippen molar-refractivity contribution < 1.29 is 108 Å². The smallest absolute Gasteiger partial charge is 0.333 e. The zero-order valence-corrected chi connectivity index (χ0v) is 60.7. The number of carbonyl (C=O) groups excluding carboxylic acids is 2.